The highest BCUT2D eigenvalue weighted by Gasteiger charge is 2.09. The van der Waals surface area contributed by atoms with Gasteiger partial charge in [0.15, 0.2) is 0 Å². The monoisotopic (exact) mass is 168 g/mol. The normalized spacial score (nSPS) is 12.5. The summed E-state index contributed by atoms with van der Waals surface area (Å²) >= 11 is 0. The first kappa shape index (κ1) is 8.84. The van der Waals surface area contributed by atoms with Gasteiger partial charge in [0.2, 0.25) is 0 Å². The molecule has 0 N–H and O–H groups in total. The predicted octanol–water partition coefficient (Wildman–Crippen LogP) is 1.98. The summed E-state index contributed by atoms with van der Waals surface area (Å²) in [6, 6.07) is 3.57. The van der Waals surface area contributed by atoms with E-state index in [0.717, 1.165) is 12.0 Å². The number of methoxy groups -OCH3 is 1. The van der Waals surface area contributed by atoms with E-state index in [1.165, 1.54) is 0 Å². The zero-order chi connectivity index (χ0) is 8.97. The molecule has 1 aromatic heterocycles. The second kappa shape index (κ2) is 3.95. The van der Waals surface area contributed by atoms with Crippen molar-refractivity contribution in [1.29, 1.82) is 0 Å². The van der Waals surface area contributed by atoms with E-state index >= 15 is 0 Å². The maximum absolute atomic E-state index is 10.2. The average molecular weight is 168 g/mol. The van der Waals surface area contributed by atoms with Gasteiger partial charge in [-0.25, -0.2) is 0 Å². The summed E-state index contributed by atoms with van der Waals surface area (Å²) in [6.45, 7) is 1.94. The second-order valence-corrected chi connectivity index (χ2v) is 2.66. The second-order valence-electron chi connectivity index (χ2n) is 2.66. The number of hydrogen-bond acceptors (Lipinski definition) is 3. The first-order valence-electron chi connectivity index (χ1n) is 3.85. The smallest absolute Gasteiger partial charge is 0.284 e. The molecule has 0 saturated carbocycles. The van der Waals surface area contributed by atoms with Crippen molar-refractivity contribution in [3.63, 3.8) is 0 Å². The number of ether oxygens (including phenoxy) is 1. The van der Waals surface area contributed by atoms with E-state index in [2.05, 4.69) is 0 Å². The largest absolute Gasteiger partial charge is 0.468 e. The molecule has 0 fully saturated rings. The Balaban J connectivity index is 2.67. The molecule has 3 nitrogen and oxygen atoms in total. The molecule has 3 heteroatoms. The average Bonchev–Trinajstić information content (AvgIpc) is 2.52. The Kier molecular flexibility index (Phi) is 2.91. The van der Waals surface area contributed by atoms with E-state index in [0.29, 0.717) is 12.4 Å². The van der Waals surface area contributed by atoms with Crippen LogP contribution in [0.3, 0.4) is 0 Å². The van der Waals surface area contributed by atoms with Crippen molar-refractivity contribution in [2.24, 2.45) is 0 Å². The molecule has 1 rings (SSSR count). The van der Waals surface area contributed by atoms with Gasteiger partial charge in [-0.05, 0) is 6.07 Å². The lowest BCUT2D eigenvalue weighted by atomic mass is 10.1. The molecule has 0 radical (unpaired) electrons. The van der Waals surface area contributed by atoms with Crippen LogP contribution < -0.4 is 4.74 Å². The summed E-state index contributed by atoms with van der Waals surface area (Å²) in [4.78, 5) is 10.2. The van der Waals surface area contributed by atoms with E-state index in [1.54, 1.807) is 13.2 Å². The quantitative estimate of drug-likeness (QED) is 0.645. The maximum atomic E-state index is 10.2. The van der Waals surface area contributed by atoms with E-state index in [-0.39, 0.29) is 5.92 Å². The van der Waals surface area contributed by atoms with Gasteiger partial charge in [0, 0.05) is 18.4 Å². The minimum Gasteiger partial charge on any atom is -0.468 e. The van der Waals surface area contributed by atoms with Crippen molar-refractivity contribution in [2.75, 3.05) is 7.11 Å². The fraction of sp³-hybridized carbons (Fsp3) is 0.444. The minimum absolute atomic E-state index is 0.131. The van der Waals surface area contributed by atoms with Crippen LogP contribution in [0.2, 0.25) is 0 Å². The van der Waals surface area contributed by atoms with Gasteiger partial charge in [0.25, 0.3) is 5.95 Å². The highest BCUT2D eigenvalue weighted by molar-refractivity contribution is 5.51. The maximum Gasteiger partial charge on any atom is 0.284 e. The van der Waals surface area contributed by atoms with Crippen molar-refractivity contribution in [1.82, 2.24) is 0 Å². The number of hydrogen-bond donors (Lipinski definition) is 0. The molecule has 0 aromatic carbocycles. The summed E-state index contributed by atoms with van der Waals surface area (Å²) in [6.07, 6.45) is 1.37. The van der Waals surface area contributed by atoms with Crippen molar-refractivity contribution < 1.29 is 13.9 Å². The van der Waals surface area contributed by atoms with E-state index in [9.17, 15) is 4.79 Å². The Morgan fingerprint density at radius 1 is 1.67 bits per heavy atom. The Bertz CT molecular complexity index is 252. The topological polar surface area (TPSA) is 39.4 Å². The number of aldehydes is 1. The van der Waals surface area contributed by atoms with Gasteiger partial charge in [-0.1, -0.05) is 6.92 Å². The first-order chi connectivity index (χ1) is 5.77. The van der Waals surface area contributed by atoms with E-state index in [1.807, 2.05) is 13.0 Å². The van der Waals surface area contributed by atoms with Crippen molar-refractivity contribution in [3.8, 4) is 5.95 Å². The van der Waals surface area contributed by atoms with Gasteiger partial charge >= 0.3 is 0 Å². The lowest BCUT2D eigenvalue weighted by Crippen LogP contribution is -1.91. The van der Waals surface area contributed by atoms with Crippen molar-refractivity contribution in [3.05, 3.63) is 17.9 Å². The molecular formula is C9H12O3. The van der Waals surface area contributed by atoms with Gasteiger partial charge < -0.3 is 13.9 Å². The van der Waals surface area contributed by atoms with Gasteiger partial charge in [0.1, 0.15) is 12.0 Å². The van der Waals surface area contributed by atoms with Crippen molar-refractivity contribution >= 4 is 6.29 Å². The number of carbonyl (C=O) groups is 1. The lowest BCUT2D eigenvalue weighted by molar-refractivity contribution is -0.108. The number of rotatable bonds is 4. The Morgan fingerprint density at radius 3 is 2.92 bits per heavy atom. The molecule has 0 amide bonds. The molecule has 0 unspecified atom stereocenters. The summed E-state index contributed by atoms with van der Waals surface area (Å²) in [5.74, 6) is 1.41. The van der Waals surface area contributed by atoms with Crippen LogP contribution in [-0.2, 0) is 4.79 Å². The number of carbonyl (C=O) groups excluding carboxylic acids is 1. The molecule has 0 bridgehead atoms. The fourth-order valence-electron chi connectivity index (χ4n) is 0.969. The van der Waals surface area contributed by atoms with Crippen LogP contribution in [-0.4, -0.2) is 13.4 Å². The summed E-state index contributed by atoms with van der Waals surface area (Å²) in [5.41, 5.74) is 0. The fourth-order valence-corrected chi connectivity index (χ4v) is 0.969. The molecule has 0 aliphatic rings. The highest BCUT2D eigenvalue weighted by Crippen LogP contribution is 2.24. The van der Waals surface area contributed by atoms with Gasteiger partial charge in [-0.2, -0.15) is 0 Å². The van der Waals surface area contributed by atoms with Crippen LogP contribution >= 0.6 is 0 Å². The third-order valence-corrected chi connectivity index (χ3v) is 1.74. The molecule has 12 heavy (non-hydrogen) atoms. The third-order valence-electron chi connectivity index (χ3n) is 1.74. The van der Waals surface area contributed by atoms with Crippen LogP contribution in [0.5, 0.6) is 5.95 Å². The SMILES string of the molecule is COc1ccc([C@H](C)CC=O)o1. The van der Waals surface area contributed by atoms with Gasteiger partial charge in [-0.3, -0.25) is 0 Å². The standard InChI is InChI=1S/C9H12O3/c1-7(5-6-10)8-3-4-9(11-2)12-8/h3-4,6-7H,5H2,1-2H3/t7-/m1/s1. The first-order valence-corrected chi connectivity index (χ1v) is 3.85. The van der Waals surface area contributed by atoms with Crippen LogP contribution in [0.4, 0.5) is 0 Å². The molecule has 66 valence electrons. The molecule has 1 atom stereocenters. The molecule has 1 heterocycles. The van der Waals surface area contributed by atoms with Crippen LogP contribution in [0.25, 0.3) is 0 Å². The van der Waals surface area contributed by atoms with E-state index in [4.69, 9.17) is 9.15 Å². The Labute approximate surface area is 71.3 Å². The molecule has 0 spiro atoms. The molecule has 1 aromatic rings. The molecule has 0 saturated heterocycles. The summed E-state index contributed by atoms with van der Waals surface area (Å²) < 4.78 is 10.1. The van der Waals surface area contributed by atoms with Gasteiger partial charge in [-0.15, -0.1) is 0 Å². The zero-order valence-electron chi connectivity index (χ0n) is 7.24. The van der Waals surface area contributed by atoms with Crippen molar-refractivity contribution in [2.45, 2.75) is 19.3 Å². The lowest BCUT2D eigenvalue weighted by Gasteiger charge is -2.01. The van der Waals surface area contributed by atoms with Crippen LogP contribution in [0.1, 0.15) is 25.0 Å². The number of furan rings is 1. The van der Waals surface area contributed by atoms with Gasteiger partial charge in [0.05, 0.1) is 7.11 Å². The summed E-state index contributed by atoms with van der Waals surface area (Å²) in [7, 11) is 1.55. The Hall–Kier alpha value is -1.25. The van der Waals surface area contributed by atoms with Crippen LogP contribution in [0, 0.1) is 0 Å². The Morgan fingerprint density at radius 2 is 2.42 bits per heavy atom. The molecular weight excluding hydrogens is 156 g/mol. The van der Waals surface area contributed by atoms with Crippen LogP contribution in [0.15, 0.2) is 16.5 Å². The summed E-state index contributed by atoms with van der Waals surface area (Å²) in [5, 5.41) is 0. The van der Waals surface area contributed by atoms with E-state index < -0.39 is 0 Å². The minimum atomic E-state index is 0.131. The predicted molar refractivity (Wildman–Crippen MR) is 44.4 cm³/mol. The zero-order valence-corrected chi connectivity index (χ0v) is 7.24. The molecule has 0 aliphatic heterocycles. The third kappa shape index (κ3) is 1.87. The molecule has 0 aliphatic carbocycles. The highest BCUT2D eigenvalue weighted by atomic mass is 16.6.